The van der Waals surface area contributed by atoms with Crippen LogP contribution in [0.5, 0.6) is 0 Å². The Hall–Kier alpha value is -1.64. The van der Waals surface area contributed by atoms with E-state index in [1.807, 2.05) is 67.6 Å². The number of aliphatic hydroxyl groups is 1. The van der Waals surface area contributed by atoms with Crippen LogP contribution >= 0.6 is 0 Å². The Kier molecular flexibility index (Phi) is 5.13. The Labute approximate surface area is 114 Å². The summed E-state index contributed by atoms with van der Waals surface area (Å²) in [5, 5.41) is 10.3. The maximum absolute atomic E-state index is 10.3. The molecule has 100 valence electrons. The van der Waals surface area contributed by atoms with Gasteiger partial charge in [0, 0.05) is 0 Å². The molecule has 0 heterocycles. The summed E-state index contributed by atoms with van der Waals surface area (Å²) in [6.07, 6.45) is 0.0284. The molecular formula is C17H20O2. The fourth-order valence-corrected chi connectivity index (χ4v) is 2.07. The predicted octanol–water partition coefficient (Wildman–Crippen LogP) is 3.72. The van der Waals surface area contributed by atoms with Crippen LogP contribution in [0.25, 0.3) is 0 Å². The second kappa shape index (κ2) is 7.07. The summed E-state index contributed by atoms with van der Waals surface area (Å²) in [6, 6.07) is 19.7. The quantitative estimate of drug-likeness (QED) is 0.853. The van der Waals surface area contributed by atoms with Crippen LogP contribution in [0.4, 0.5) is 0 Å². The smallest absolute Gasteiger partial charge is 0.105 e. The van der Waals surface area contributed by atoms with Crippen molar-refractivity contribution >= 4 is 0 Å². The molecule has 0 saturated heterocycles. The van der Waals surface area contributed by atoms with Crippen LogP contribution in [-0.4, -0.2) is 11.2 Å². The molecule has 0 bridgehead atoms. The number of ether oxygens (including phenoxy) is 1. The lowest BCUT2D eigenvalue weighted by atomic mass is 10.0. The molecule has 2 nitrogen and oxygen atoms in total. The van der Waals surface area contributed by atoms with Gasteiger partial charge in [0.25, 0.3) is 0 Å². The average Bonchev–Trinajstić information content (AvgIpc) is 2.49. The van der Waals surface area contributed by atoms with Crippen molar-refractivity contribution in [2.75, 3.05) is 0 Å². The summed E-state index contributed by atoms with van der Waals surface area (Å²) in [5.74, 6) is 0. The topological polar surface area (TPSA) is 29.5 Å². The lowest BCUT2D eigenvalue weighted by Crippen LogP contribution is -2.21. The molecule has 1 N–H and O–H groups in total. The molecule has 19 heavy (non-hydrogen) atoms. The van der Waals surface area contributed by atoms with Crippen LogP contribution in [0.15, 0.2) is 60.7 Å². The number of benzene rings is 2. The van der Waals surface area contributed by atoms with Gasteiger partial charge >= 0.3 is 0 Å². The Morgan fingerprint density at radius 3 is 2.11 bits per heavy atom. The second-order valence-electron chi connectivity index (χ2n) is 4.60. The van der Waals surface area contributed by atoms with Crippen LogP contribution in [0.3, 0.4) is 0 Å². The lowest BCUT2D eigenvalue weighted by molar-refractivity contribution is -0.0489. The highest BCUT2D eigenvalue weighted by Crippen LogP contribution is 2.22. The Morgan fingerprint density at radius 2 is 1.53 bits per heavy atom. The third-order valence-corrected chi connectivity index (χ3v) is 3.20. The standard InChI is InChI=1S/C17H20O2/c1-2-16(17(18)15-11-7-4-8-12-15)19-13-14-9-5-3-6-10-14/h3-12,16-18H,2,13H2,1H3. The van der Waals surface area contributed by atoms with E-state index in [1.54, 1.807) is 0 Å². The van der Waals surface area contributed by atoms with Gasteiger partial charge < -0.3 is 9.84 Å². The highest BCUT2D eigenvalue weighted by molar-refractivity contribution is 5.18. The molecule has 2 unspecified atom stereocenters. The van der Waals surface area contributed by atoms with Gasteiger partial charge in [-0.2, -0.15) is 0 Å². The third-order valence-electron chi connectivity index (χ3n) is 3.20. The minimum Gasteiger partial charge on any atom is -0.386 e. The van der Waals surface area contributed by atoms with Crippen molar-refractivity contribution in [2.24, 2.45) is 0 Å². The van der Waals surface area contributed by atoms with Crippen molar-refractivity contribution < 1.29 is 9.84 Å². The molecule has 2 atom stereocenters. The maximum Gasteiger partial charge on any atom is 0.105 e. The summed E-state index contributed by atoms with van der Waals surface area (Å²) in [6.45, 7) is 2.56. The van der Waals surface area contributed by atoms with E-state index in [9.17, 15) is 5.11 Å². The zero-order valence-electron chi connectivity index (χ0n) is 11.2. The van der Waals surface area contributed by atoms with E-state index in [0.29, 0.717) is 6.61 Å². The molecule has 0 aliphatic rings. The van der Waals surface area contributed by atoms with E-state index in [4.69, 9.17) is 4.74 Å². The fraction of sp³-hybridized carbons (Fsp3) is 0.294. The fourth-order valence-electron chi connectivity index (χ4n) is 2.07. The molecule has 2 aromatic rings. The van der Waals surface area contributed by atoms with Crippen LogP contribution in [0, 0.1) is 0 Å². The van der Waals surface area contributed by atoms with Gasteiger partial charge in [-0.1, -0.05) is 67.6 Å². The minimum absolute atomic E-state index is 0.178. The van der Waals surface area contributed by atoms with Gasteiger partial charge in [-0.3, -0.25) is 0 Å². The van der Waals surface area contributed by atoms with E-state index >= 15 is 0 Å². The first kappa shape index (κ1) is 13.8. The van der Waals surface area contributed by atoms with E-state index in [1.165, 1.54) is 0 Å². The van der Waals surface area contributed by atoms with Gasteiger partial charge in [-0.15, -0.1) is 0 Å². The number of hydrogen-bond donors (Lipinski definition) is 1. The van der Waals surface area contributed by atoms with Crippen molar-refractivity contribution in [3.63, 3.8) is 0 Å². The predicted molar refractivity (Wildman–Crippen MR) is 76.7 cm³/mol. The van der Waals surface area contributed by atoms with Crippen molar-refractivity contribution in [1.29, 1.82) is 0 Å². The van der Waals surface area contributed by atoms with Crippen molar-refractivity contribution in [2.45, 2.75) is 32.2 Å². The Balaban J connectivity index is 1.97. The number of aliphatic hydroxyl groups excluding tert-OH is 1. The summed E-state index contributed by atoms with van der Waals surface area (Å²) in [7, 11) is 0. The molecule has 2 heteroatoms. The summed E-state index contributed by atoms with van der Waals surface area (Å²) >= 11 is 0. The maximum atomic E-state index is 10.3. The summed E-state index contributed by atoms with van der Waals surface area (Å²) < 4.78 is 5.84. The summed E-state index contributed by atoms with van der Waals surface area (Å²) in [5.41, 5.74) is 2.03. The van der Waals surface area contributed by atoms with Crippen molar-refractivity contribution in [3.8, 4) is 0 Å². The zero-order chi connectivity index (χ0) is 13.5. The molecule has 0 spiro atoms. The van der Waals surface area contributed by atoms with Crippen LogP contribution in [-0.2, 0) is 11.3 Å². The average molecular weight is 256 g/mol. The molecule has 0 saturated carbocycles. The van der Waals surface area contributed by atoms with Gasteiger partial charge in [0.15, 0.2) is 0 Å². The van der Waals surface area contributed by atoms with E-state index in [2.05, 4.69) is 0 Å². The van der Waals surface area contributed by atoms with Gasteiger partial charge in [0.05, 0.1) is 12.7 Å². The van der Waals surface area contributed by atoms with Crippen molar-refractivity contribution in [1.82, 2.24) is 0 Å². The molecule has 2 aromatic carbocycles. The van der Waals surface area contributed by atoms with Crippen molar-refractivity contribution in [3.05, 3.63) is 71.8 Å². The van der Waals surface area contributed by atoms with Crippen LogP contribution < -0.4 is 0 Å². The molecule has 0 fully saturated rings. The molecule has 0 amide bonds. The Bertz CT molecular complexity index is 467. The minimum atomic E-state index is -0.574. The SMILES string of the molecule is CCC(OCc1ccccc1)C(O)c1ccccc1. The molecule has 0 aliphatic carbocycles. The normalized spacial score (nSPS) is 14.0. The first-order valence-electron chi connectivity index (χ1n) is 6.69. The van der Waals surface area contributed by atoms with Gasteiger partial charge in [0.1, 0.15) is 6.10 Å². The third kappa shape index (κ3) is 3.91. The highest BCUT2D eigenvalue weighted by Gasteiger charge is 2.19. The van der Waals surface area contributed by atoms with Crippen LogP contribution in [0.2, 0.25) is 0 Å². The lowest BCUT2D eigenvalue weighted by Gasteiger charge is -2.22. The molecular weight excluding hydrogens is 236 g/mol. The number of hydrogen-bond acceptors (Lipinski definition) is 2. The van der Waals surface area contributed by atoms with Crippen LogP contribution in [0.1, 0.15) is 30.6 Å². The molecule has 0 aromatic heterocycles. The first-order chi connectivity index (χ1) is 9.31. The molecule has 0 radical (unpaired) electrons. The second-order valence-corrected chi connectivity index (χ2v) is 4.60. The van der Waals surface area contributed by atoms with E-state index in [0.717, 1.165) is 17.5 Å². The van der Waals surface area contributed by atoms with Gasteiger partial charge in [0.2, 0.25) is 0 Å². The zero-order valence-corrected chi connectivity index (χ0v) is 11.2. The first-order valence-corrected chi connectivity index (χ1v) is 6.69. The van der Waals surface area contributed by atoms with Gasteiger partial charge in [-0.25, -0.2) is 0 Å². The van der Waals surface area contributed by atoms with Gasteiger partial charge in [-0.05, 0) is 17.5 Å². The summed E-state index contributed by atoms with van der Waals surface area (Å²) in [4.78, 5) is 0. The molecule has 0 aliphatic heterocycles. The van der Waals surface area contributed by atoms with E-state index in [-0.39, 0.29) is 6.10 Å². The number of rotatable bonds is 6. The monoisotopic (exact) mass is 256 g/mol. The highest BCUT2D eigenvalue weighted by atomic mass is 16.5. The molecule has 2 rings (SSSR count). The van der Waals surface area contributed by atoms with E-state index < -0.39 is 6.10 Å². The Morgan fingerprint density at radius 1 is 0.947 bits per heavy atom. The largest absolute Gasteiger partial charge is 0.386 e.